The minimum absolute atomic E-state index is 0.0642. The van der Waals surface area contributed by atoms with Gasteiger partial charge in [-0.3, -0.25) is 4.79 Å². The Labute approximate surface area is 119 Å². The Balaban J connectivity index is 2.07. The lowest BCUT2D eigenvalue weighted by atomic mass is 10.2. The van der Waals surface area contributed by atoms with Crippen molar-refractivity contribution in [3.05, 3.63) is 65.7 Å². The number of nitrogen functional groups attached to an aromatic ring is 1. The van der Waals surface area contributed by atoms with Crippen molar-refractivity contribution < 1.29 is 4.79 Å². The number of nitrogens with zero attached hydrogens (tertiary/aromatic N) is 1. The van der Waals surface area contributed by atoms with E-state index in [1.54, 1.807) is 24.1 Å². The van der Waals surface area contributed by atoms with Crippen LogP contribution in [0.3, 0.4) is 0 Å². The molecule has 20 heavy (non-hydrogen) atoms. The van der Waals surface area contributed by atoms with Gasteiger partial charge in [0, 0.05) is 24.5 Å². The van der Waals surface area contributed by atoms with Gasteiger partial charge in [0.1, 0.15) is 0 Å². The fraction of sp³-hybridized carbons (Fsp3) is 0.118. The van der Waals surface area contributed by atoms with Crippen LogP contribution in [0.5, 0.6) is 0 Å². The van der Waals surface area contributed by atoms with Crippen LogP contribution in [0, 0.1) is 6.92 Å². The van der Waals surface area contributed by atoms with E-state index in [-0.39, 0.29) is 5.91 Å². The van der Waals surface area contributed by atoms with E-state index in [4.69, 9.17) is 5.73 Å². The van der Waals surface area contributed by atoms with E-state index in [2.05, 4.69) is 0 Å². The van der Waals surface area contributed by atoms with Crippen molar-refractivity contribution in [3.63, 3.8) is 0 Å². The Morgan fingerprint density at radius 1 is 1.05 bits per heavy atom. The second-order valence-corrected chi connectivity index (χ2v) is 4.73. The molecule has 0 atom stereocenters. The summed E-state index contributed by atoms with van der Waals surface area (Å²) in [5.41, 5.74) is 9.33. The molecule has 0 aliphatic carbocycles. The van der Waals surface area contributed by atoms with E-state index in [9.17, 15) is 4.79 Å². The second kappa shape index (κ2) is 6.06. The third-order valence-electron chi connectivity index (χ3n) is 3.11. The minimum Gasteiger partial charge on any atom is -0.399 e. The Morgan fingerprint density at radius 2 is 1.65 bits per heavy atom. The molecule has 1 amide bonds. The van der Waals surface area contributed by atoms with Gasteiger partial charge in [0.2, 0.25) is 0 Å². The Bertz CT molecular complexity index is 612. The van der Waals surface area contributed by atoms with Crippen LogP contribution in [0.25, 0.3) is 6.08 Å². The average Bonchev–Trinajstić information content (AvgIpc) is 2.46. The first-order valence-electron chi connectivity index (χ1n) is 6.44. The van der Waals surface area contributed by atoms with Crippen LogP contribution in [0.1, 0.15) is 11.1 Å². The number of carbonyl (C=O) groups excluding carboxylic acids is 1. The van der Waals surface area contributed by atoms with E-state index in [0.717, 1.165) is 11.3 Å². The van der Waals surface area contributed by atoms with E-state index < -0.39 is 0 Å². The van der Waals surface area contributed by atoms with Gasteiger partial charge in [-0.05, 0) is 42.8 Å². The van der Waals surface area contributed by atoms with Crippen molar-refractivity contribution in [1.82, 2.24) is 0 Å². The standard InChI is InChI=1S/C17H18N2O/c1-13-3-10-16(11-4-13)19(2)17(20)12-7-14-5-8-15(18)9-6-14/h3-12H,18H2,1-2H3/b12-7+. The van der Waals surface area contributed by atoms with Crippen molar-refractivity contribution in [3.8, 4) is 0 Å². The predicted molar refractivity (Wildman–Crippen MR) is 84.5 cm³/mol. The summed E-state index contributed by atoms with van der Waals surface area (Å²) in [6.07, 6.45) is 3.35. The molecule has 2 rings (SSSR count). The van der Waals surface area contributed by atoms with E-state index >= 15 is 0 Å². The van der Waals surface area contributed by atoms with Crippen molar-refractivity contribution >= 4 is 23.4 Å². The molecule has 0 saturated carbocycles. The van der Waals surface area contributed by atoms with Gasteiger partial charge in [0.25, 0.3) is 5.91 Å². The molecule has 3 nitrogen and oxygen atoms in total. The quantitative estimate of drug-likeness (QED) is 0.684. The fourth-order valence-corrected chi connectivity index (χ4v) is 1.78. The van der Waals surface area contributed by atoms with Gasteiger partial charge in [-0.25, -0.2) is 0 Å². The van der Waals surface area contributed by atoms with Crippen LogP contribution in [0.4, 0.5) is 11.4 Å². The predicted octanol–water partition coefficient (Wildman–Crippen LogP) is 3.25. The number of carbonyl (C=O) groups is 1. The van der Waals surface area contributed by atoms with E-state index in [1.165, 1.54) is 5.56 Å². The van der Waals surface area contributed by atoms with E-state index in [0.29, 0.717) is 5.69 Å². The topological polar surface area (TPSA) is 46.3 Å². The molecule has 0 spiro atoms. The molecule has 0 unspecified atom stereocenters. The fourth-order valence-electron chi connectivity index (χ4n) is 1.78. The highest BCUT2D eigenvalue weighted by Crippen LogP contribution is 2.14. The largest absolute Gasteiger partial charge is 0.399 e. The highest BCUT2D eigenvalue weighted by molar-refractivity contribution is 6.03. The smallest absolute Gasteiger partial charge is 0.250 e. The number of anilines is 2. The van der Waals surface area contributed by atoms with Gasteiger partial charge in [0.05, 0.1) is 0 Å². The normalized spacial score (nSPS) is 10.7. The lowest BCUT2D eigenvalue weighted by Gasteiger charge is -2.15. The summed E-state index contributed by atoms with van der Waals surface area (Å²) in [5, 5.41) is 0. The molecular formula is C17H18N2O. The Hall–Kier alpha value is -2.55. The van der Waals surface area contributed by atoms with Crippen LogP contribution in [0.15, 0.2) is 54.6 Å². The number of amides is 1. The molecule has 0 aliphatic heterocycles. The summed E-state index contributed by atoms with van der Waals surface area (Å²) >= 11 is 0. The molecular weight excluding hydrogens is 248 g/mol. The third-order valence-corrected chi connectivity index (χ3v) is 3.11. The summed E-state index contributed by atoms with van der Waals surface area (Å²) in [5.74, 6) is -0.0642. The first kappa shape index (κ1) is 13.9. The maximum Gasteiger partial charge on any atom is 0.250 e. The molecule has 0 fully saturated rings. The molecule has 0 saturated heterocycles. The molecule has 0 aliphatic rings. The van der Waals surface area contributed by atoms with Crippen LogP contribution in [0.2, 0.25) is 0 Å². The molecule has 2 N–H and O–H groups in total. The molecule has 0 bridgehead atoms. The minimum atomic E-state index is -0.0642. The van der Waals surface area contributed by atoms with Gasteiger partial charge in [0.15, 0.2) is 0 Å². The van der Waals surface area contributed by atoms with Crippen molar-refractivity contribution in [2.75, 3.05) is 17.7 Å². The molecule has 0 radical (unpaired) electrons. The number of hydrogen-bond donors (Lipinski definition) is 1. The molecule has 3 heteroatoms. The SMILES string of the molecule is Cc1ccc(N(C)C(=O)/C=C/c2ccc(N)cc2)cc1. The maximum absolute atomic E-state index is 12.1. The summed E-state index contributed by atoms with van der Waals surface area (Å²) < 4.78 is 0. The summed E-state index contributed by atoms with van der Waals surface area (Å²) in [7, 11) is 1.76. The number of hydrogen-bond acceptors (Lipinski definition) is 2. The summed E-state index contributed by atoms with van der Waals surface area (Å²) in [6, 6.07) is 15.2. The van der Waals surface area contributed by atoms with Gasteiger partial charge < -0.3 is 10.6 Å². The monoisotopic (exact) mass is 266 g/mol. The first-order valence-corrected chi connectivity index (χ1v) is 6.44. The van der Waals surface area contributed by atoms with Crippen LogP contribution >= 0.6 is 0 Å². The highest BCUT2D eigenvalue weighted by Gasteiger charge is 2.06. The maximum atomic E-state index is 12.1. The van der Waals surface area contributed by atoms with Crippen molar-refractivity contribution in [2.24, 2.45) is 0 Å². The van der Waals surface area contributed by atoms with Crippen LogP contribution in [-0.4, -0.2) is 13.0 Å². The molecule has 102 valence electrons. The number of nitrogens with two attached hydrogens (primary N) is 1. The Kier molecular flexibility index (Phi) is 4.20. The molecule has 0 heterocycles. The molecule has 2 aromatic carbocycles. The van der Waals surface area contributed by atoms with Crippen LogP contribution in [-0.2, 0) is 4.79 Å². The lowest BCUT2D eigenvalue weighted by Crippen LogP contribution is -2.23. The van der Waals surface area contributed by atoms with E-state index in [1.807, 2.05) is 55.5 Å². The summed E-state index contributed by atoms with van der Waals surface area (Å²) in [6.45, 7) is 2.02. The lowest BCUT2D eigenvalue weighted by molar-refractivity contribution is -0.113. The highest BCUT2D eigenvalue weighted by atomic mass is 16.2. The third kappa shape index (κ3) is 3.48. The van der Waals surface area contributed by atoms with Gasteiger partial charge in [-0.1, -0.05) is 29.8 Å². The van der Waals surface area contributed by atoms with Gasteiger partial charge >= 0.3 is 0 Å². The number of rotatable bonds is 3. The molecule has 2 aromatic rings. The van der Waals surface area contributed by atoms with Crippen molar-refractivity contribution in [1.29, 1.82) is 0 Å². The Morgan fingerprint density at radius 3 is 2.25 bits per heavy atom. The van der Waals surface area contributed by atoms with Crippen LogP contribution < -0.4 is 10.6 Å². The van der Waals surface area contributed by atoms with Crippen molar-refractivity contribution in [2.45, 2.75) is 6.92 Å². The second-order valence-electron chi connectivity index (χ2n) is 4.73. The summed E-state index contributed by atoms with van der Waals surface area (Å²) in [4.78, 5) is 13.7. The van der Waals surface area contributed by atoms with Gasteiger partial charge in [-0.15, -0.1) is 0 Å². The first-order chi connectivity index (χ1) is 9.56. The zero-order valence-corrected chi connectivity index (χ0v) is 11.7. The average molecular weight is 266 g/mol. The number of likely N-dealkylation sites (N-methyl/N-ethyl adjacent to an activating group) is 1. The zero-order chi connectivity index (χ0) is 14.5. The molecule has 0 aromatic heterocycles. The van der Waals surface area contributed by atoms with Gasteiger partial charge in [-0.2, -0.15) is 0 Å². The number of benzene rings is 2. The number of aryl methyl sites for hydroxylation is 1. The zero-order valence-electron chi connectivity index (χ0n) is 11.7.